The molecule has 1 aliphatic heterocycles. The third-order valence-electron chi connectivity index (χ3n) is 5.17. The Hall–Kier alpha value is -2.30. The molecule has 1 aliphatic rings. The summed E-state index contributed by atoms with van der Waals surface area (Å²) < 4.78 is 0. The molecule has 1 fully saturated rings. The summed E-state index contributed by atoms with van der Waals surface area (Å²) >= 11 is 0. The van der Waals surface area contributed by atoms with Crippen LogP contribution in [0.5, 0.6) is 0 Å². The minimum absolute atomic E-state index is 0.891. The summed E-state index contributed by atoms with van der Waals surface area (Å²) in [7, 11) is 0. The van der Waals surface area contributed by atoms with E-state index >= 15 is 0 Å². The monoisotopic (exact) mass is 346 g/mol. The van der Waals surface area contributed by atoms with Crippen molar-refractivity contribution < 1.29 is 0 Å². The Labute approximate surface area is 155 Å². The fourth-order valence-corrected chi connectivity index (χ4v) is 3.66. The summed E-state index contributed by atoms with van der Waals surface area (Å²) in [5.74, 6) is 0. The Bertz CT molecular complexity index is 898. The second kappa shape index (κ2) is 7.52. The third-order valence-corrected chi connectivity index (χ3v) is 5.17. The number of piperazine rings is 1. The summed E-state index contributed by atoms with van der Waals surface area (Å²) in [5, 5.41) is 0. The van der Waals surface area contributed by atoms with Gasteiger partial charge in [-0.15, -0.1) is 0 Å². The van der Waals surface area contributed by atoms with Crippen LogP contribution in [-0.4, -0.2) is 45.9 Å². The van der Waals surface area contributed by atoms with Gasteiger partial charge in [0.05, 0.1) is 22.4 Å². The molecule has 0 bridgehead atoms. The van der Waals surface area contributed by atoms with Crippen molar-refractivity contribution in [3.63, 3.8) is 0 Å². The molecule has 0 radical (unpaired) electrons. The Balaban J connectivity index is 1.37. The number of fused-ring (bicyclic) bond motifs is 1. The largest absolute Gasteiger partial charge is 0.297 e. The number of para-hydroxylation sites is 2. The van der Waals surface area contributed by atoms with Crippen molar-refractivity contribution in [2.24, 2.45) is 0 Å². The number of nitrogens with zero attached hydrogens (tertiary/aromatic N) is 4. The molecule has 26 heavy (non-hydrogen) atoms. The van der Waals surface area contributed by atoms with Crippen molar-refractivity contribution in [3.8, 4) is 0 Å². The van der Waals surface area contributed by atoms with E-state index in [1.54, 1.807) is 0 Å². The highest BCUT2D eigenvalue weighted by Crippen LogP contribution is 2.16. The number of hydrogen-bond donors (Lipinski definition) is 0. The van der Waals surface area contributed by atoms with Gasteiger partial charge in [0.25, 0.3) is 0 Å². The first-order valence-electron chi connectivity index (χ1n) is 9.40. The lowest BCUT2D eigenvalue weighted by atomic mass is 10.1. The third kappa shape index (κ3) is 3.92. The van der Waals surface area contributed by atoms with E-state index in [-0.39, 0.29) is 0 Å². The van der Waals surface area contributed by atoms with Crippen LogP contribution in [0.2, 0.25) is 0 Å². The SMILES string of the molecule is Cc1cccc(CN2CCN(Cc3nc4ccccc4nc3C)CC2)c1. The lowest BCUT2D eigenvalue weighted by molar-refractivity contribution is 0.121. The minimum atomic E-state index is 0.891. The quantitative estimate of drug-likeness (QED) is 0.723. The molecule has 3 aromatic rings. The van der Waals surface area contributed by atoms with E-state index in [4.69, 9.17) is 9.97 Å². The zero-order valence-corrected chi connectivity index (χ0v) is 15.7. The summed E-state index contributed by atoms with van der Waals surface area (Å²) in [5.41, 5.74) is 6.88. The van der Waals surface area contributed by atoms with Crippen molar-refractivity contribution in [3.05, 3.63) is 71.0 Å². The molecule has 0 atom stereocenters. The second-order valence-electron chi connectivity index (χ2n) is 7.29. The topological polar surface area (TPSA) is 32.3 Å². The highest BCUT2D eigenvalue weighted by Gasteiger charge is 2.18. The van der Waals surface area contributed by atoms with Gasteiger partial charge >= 0.3 is 0 Å². The average molecular weight is 346 g/mol. The highest BCUT2D eigenvalue weighted by molar-refractivity contribution is 5.74. The van der Waals surface area contributed by atoms with Crippen molar-refractivity contribution in [2.75, 3.05) is 26.2 Å². The maximum Gasteiger partial charge on any atom is 0.0890 e. The Morgan fingerprint density at radius 3 is 2.12 bits per heavy atom. The van der Waals surface area contributed by atoms with Gasteiger partial charge in [0.15, 0.2) is 0 Å². The molecule has 4 nitrogen and oxygen atoms in total. The second-order valence-corrected chi connectivity index (χ2v) is 7.29. The van der Waals surface area contributed by atoms with Crippen LogP contribution in [-0.2, 0) is 13.1 Å². The number of benzene rings is 2. The Kier molecular flexibility index (Phi) is 4.96. The van der Waals surface area contributed by atoms with E-state index in [0.717, 1.165) is 61.7 Å². The molecule has 1 aromatic heterocycles. The van der Waals surface area contributed by atoms with E-state index in [9.17, 15) is 0 Å². The fraction of sp³-hybridized carbons (Fsp3) is 0.364. The Morgan fingerprint density at radius 2 is 1.42 bits per heavy atom. The number of rotatable bonds is 4. The van der Waals surface area contributed by atoms with Gasteiger partial charge in [-0.25, -0.2) is 9.97 Å². The number of hydrogen-bond acceptors (Lipinski definition) is 4. The molecular weight excluding hydrogens is 320 g/mol. The van der Waals surface area contributed by atoms with E-state index in [1.807, 2.05) is 24.3 Å². The van der Waals surface area contributed by atoms with Crippen molar-refractivity contribution >= 4 is 11.0 Å². The fourth-order valence-electron chi connectivity index (χ4n) is 3.66. The van der Waals surface area contributed by atoms with Gasteiger partial charge in [-0.05, 0) is 31.5 Å². The number of aryl methyl sites for hydroxylation is 2. The van der Waals surface area contributed by atoms with Crippen LogP contribution in [0.15, 0.2) is 48.5 Å². The molecule has 4 rings (SSSR count). The first-order valence-corrected chi connectivity index (χ1v) is 9.40. The van der Waals surface area contributed by atoms with E-state index in [0.29, 0.717) is 0 Å². The highest BCUT2D eigenvalue weighted by atomic mass is 15.3. The van der Waals surface area contributed by atoms with Crippen molar-refractivity contribution in [1.29, 1.82) is 0 Å². The van der Waals surface area contributed by atoms with Crippen LogP contribution in [0, 0.1) is 13.8 Å². The van der Waals surface area contributed by atoms with Crippen LogP contribution in [0.1, 0.15) is 22.5 Å². The molecule has 0 unspecified atom stereocenters. The maximum absolute atomic E-state index is 4.85. The van der Waals surface area contributed by atoms with Gasteiger partial charge in [0.1, 0.15) is 0 Å². The van der Waals surface area contributed by atoms with Crippen LogP contribution >= 0.6 is 0 Å². The van der Waals surface area contributed by atoms with Crippen molar-refractivity contribution in [2.45, 2.75) is 26.9 Å². The molecule has 1 saturated heterocycles. The summed E-state index contributed by atoms with van der Waals surface area (Å²) in [6.45, 7) is 10.5. The molecule has 0 aliphatic carbocycles. The first-order chi connectivity index (χ1) is 12.7. The minimum Gasteiger partial charge on any atom is -0.297 e. The molecule has 0 N–H and O–H groups in total. The molecule has 0 amide bonds. The summed E-state index contributed by atoms with van der Waals surface area (Å²) in [4.78, 5) is 14.6. The molecule has 0 saturated carbocycles. The normalized spacial score (nSPS) is 16.2. The van der Waals surface area contributed by atoms with Gasteiger partial charge in [-0.3, -0.25) is 9.80 Å². The Morgan fingerprint density at radius 1 is 0.769 bits per heavy atom. The first kappa shape index (κ1) is 17.1. The average Bonchev–Trinajstić information content (AvgIpc) is 2.64. The molecule has 134 valence electrons. The predicted molar refractivity (Wildman–Crippen MR) is 106 cm³/mol. The van der Waals surface area contributed by atoms with Gasteiger partial charge in [-0.1, -0.05) is 42.0 Å². The van der Waals surface area contributed by atoms with Crippen LogP contribution in [0.3, 0.4) is 0 Å². The lowest BCUT2D eigenvalue weighted by Gasteiger charge is -2.34. The zero-order valence-electron chi connectivity index (χ0n) is 15.7. The molecular formula is C22H26N4. The van der Waals surface area contributed by atoms with Gasteiger partial charge < -0.3 is 0 Å². The summed E-state index contributed by atoms with van der Waals surface area (Å²) in [6, 6.07) is 17.0. The van der Waals surface area contributed by atoms with Crippen LogP contribution in [0.4, 0.5) is 0 Å². The maximum atomic E-state index is 4.85. The van der Waals surface area contributed by atoms with Crippen molar-refractivity contribution in [1.82, 2.24) is 19.8 Å². The molecule has 2 heterocycles. The molecule has 2 aromatic carbocycles. The van der Waals surface area contributed by atoms with Crippen LogP contribution in [0.25, 0.3) is 11.0 Å². The van der Waals surface area contributed by atoms with Gasteiger partial charge in [-0.2, -0.15) is 0 Å². The lowest BCUT2D eigenvalue weighted by Crippen LogP contribution is -2.45. The van der Waals surface area contributed by atoms with Gasteiger partial charge in [0, 0.05) is 39.3 Å². The van der Waals surface area contributed by atoms with Crippen LogP contribution < -0.4 is 0 Å². The van der Waals surface area contributed by atoms with Gasteiger partial charge in [0.2, 0.25) is 0 Å². The molecule has 0 spiro atoms. The predicted octanol–water partition coefficient (Wildman–Crippen LogP) is 3.56. The molecule has 4 heteroatoms. The summed E-state index contributed by atoms with van der Waals surface area (Å²) in [6.07, 6.45) is 0. The smallest absolute Gasteiger partial charge is 0.0890 e. The zero-order chi connectivity index (χ0) is 17.9. The standard InChI is InChI=1S/C22H26N4/c1-17-6-5-7-19(14-17)15-25-10-12-26(13-11-25)16-22-18(2)23-20-8-3-4-9-21(20)24-22/h3-9,14H,10-13,15-16H2,1-2H3. The van der Waals surface area contributed by atoms with E-state index < -0.39 is 0 Å². The number of aromatic nitrogens is 2. The van der Waals surface area contributed by atoms with E-state index in [1.165, 1.54) is 11.1 Å². The van der Waals surface area contributed by atoms with E-state index in [2.05, 4.69) is 47.9 Å².